The van der Waals surface area contributed by atoms with Crippen molar-refractivity contribution < 1.29 is 8.42 Å². The van der Waals surface area contributed by atoms with Crippen LogP contribution in [0.2, 0.25) is 0 Å². The molecule has 0 aromatic rings. The summed E-state index contributed by atoms with van der Waals surface area (Å²) in [4.78, 5) is 0. The molecule has 1 aliphatic heterocycles. The molecule has 0 aliphatic carbocycles. The number of nitrogens with one attached hydrogen (secondary N) is 1. The Balaban J connectivity index is 2.44. The summed E-state index contributed by atoms with van der Waals surface area (Å²) < 4.78 is 23.0. The highest BCUT2D eigenvalue weighted by Crippen LogP contribution is 2.20. The lowest BCUT2D eigenvalue weighted by molar-refractivity contribution is 0.528. The van der Waals surface area contributed by atoms with Crippen molar-refractivity contribution >= 4 is 9.84 Å². The van der Waals surface area contributed by atoms with Crippen LogP contribution in [0, 0.1) is 5.92 Å². The molecule has 0 aromatic carbocycles. The van der Waals surface area contributed by atoms with Gasteiger partial charge < -0.3 is 5.32 Å². The van der Waals surface area contributed by atoms with Crippen LogP contribution >= 0.6 is 0 Å². The second-order valence-electron chi connectivity index (χ2n) is 5.08. The van der Waals surface area contributed by atoms with Crippen molar-refractivity contribution in [3.05, 3.63) is 0 Å². The van der Waals surface area contributed by atoms with Gasteiger partial charge in [0, 0.05) is 0 Å². The third kappa shape index (κ3) is 2.95. The van der Waals surface area contributed by atoms with Crippen LogP contribution in [0.1, 0.15) is 33.6 Å². The Morgan fingerprint density at radius 1 is 1.36 bits per heavy atom. The lowest BCUT2D eigenvalue weighted by Gasteiger charge is -2.20. The highest BCUT2D eigenvalue weighted by Gasteiger charge is 2.29. The van der Waals surface area contributed by atoms with E-state index in [1.54, 1.807) is 20.8 Å². The van der Waals surface area contributed by atoms with Gasteiger partial charge in [0.15, 0.2) is 9.84 Å². The van der Waals surface area contributed by atoms with Crippen molar-refractivity contribution in [2.45, 2.75) is 38.4 Å². The van der Waals surface area contributed by atoms with Crippen molar-refractivity contribution in [1.82, 2.24) is 5.32 Å². The van der Waals surface area contributed by atoms with E-state index in [1.807, 2.05) is 0 Å². The summed E-state index contributed by atoms with van der Waals surface area (Å²) in [6.07, 6.45) is 1.94. The van der Waals surface area contributed by atoms with E-state index < -0.39 is 14.6 Å². The van der Waals surface area contributed by atoms with E-state index in [0.717, 1.165) is 25.9 Å². The van der Waals surface area contributed by atoms with E-state index in [9.17, 15) is 8.42 Å². The SMILES string of the molecule is CC(C)(C)S(=O)(=O)CC[C@@H]1CCNC1. The summed E-state index contributed by atoms with van der Waals surface area (Å²) >= 11 is 0. The van der Waals surface area contributed by atoms with Crippen LogP contribution in [0.3, 0.4) is 0 Å². The van der Waals surface area contributed by atoms with E-state index in [0.29, 0.717) is 11.7 Å². The third-order valence-corrected chi connectivity index (χ3v) is 5.53. The first-order valence-electron chi connectivity index (χ1n) is 5.26. The molecule has 14 heavy (non-hydrogen) atoms. The molecule has 0 radical (unpaired) electrons. The number of rotatable bonds is 3. The molecule has 0 aromatic heterocycles. The molecule has 0 spiro atoms. The van der Waals surface area contributed by atoms with Crippen LogP contribution in [0.4, 0.5) is 0 Å². The summed E-state index contributed by atoms with van der Waals surface area (Å²) in [6, 6.07) is 0. The zero-order valence-corrected chi connectivity index (χ0v) is 10.2. The van der Waals surface area contributed by atoms with Gasteiger partial charge in [-0.15, -0.1) is 0 Å². The quantitative estimate of drug-likeness (QED) is 0.776. The van der Waals surface area contributed by atoms with Gasteiger partial charge in [-0.1, -0.05) is 0 Å². The molecule has 3 nitrogen and oxygen atoms in total. The van der Waals surface area contributed by atoms with Gasteiger partial charge >= 0.3 is 0 Å². The summed E-state index contributed by atoms with van der Waals surface area (Å²) in [5.41, 5.74) is 0. The van der Waals surface area contributed by atoms with Gasteiger partial charge in [-0.2, -0.15) is 0 Å². The molecule has 1 saturated heterocycles. The topological polar surface area (TPSA) is 46.2 Å². The van der Waals surface area contributed by atoms with Gasteiger partial charge in [-0.05, 0) is 52.6 Å². The van der Waals surface area contributed by atoms with Crippen LogP contribution in [-0.4, -0.2) is 32.0 Å². The standard InChI is InChI=1S/C10H21NO2S/c1-10(2,3)14(12,13)7-5-9-4-6-11-8-9/h9,11H,4-8H2,1-3H3/t9-/m0/s1. The van der Waals surface area contributed by atoms with Crippen molar-refractivity contribution in [2.75, 3.05) is 18.8 Å². The molecule has 0 saturated carbocycles. The Morgan fingerprint density at radius 3 is 2.43 bits per heavy atom. The Hall–Kier alpha value is -0.0900. The number of sulfone groups is 1. The maximum absolute atomic E-state index is 11.8. The first kappa shape index (κ1) is 12.0. The van der Waals surface area contributed by atoms with E-state index >= 15 is 0 Å². The van der Waals surface area contributed by atoms with Crippen LogP contribution in [-0.2, 0) is 9.84 Å². The molecule has 1 fully saturated rings. The Labute approximate surface area is 87.2 Å². The normalized spacial score (nSPS) is 24.1. The second-order valence-corrected chi connectivity index (χ2v) is 7.94. The molecular formula is C10H21NO2S. The summed E-state index contributed by atoms with van der Waals surface area (Å²) in [7, 11) is -2.91. The molecule has 0 amide bonds. The van der Waals surface area contributed by atoms with Crippen LogP contribution in [0.5, 0.6) is 0 Å². The first-order chi connectivity index (χ1) is 6.33. The molecule has 1 aliphatic rings. The lowest BCUT2D eigenvalue weighted by Crippen LogP contribution is -2.31. The van der Waals surface area contributed by atoms with Crippen molar-refractivity contribution in [2.24, 2.45) is 5.92 Å². The number of hydrogen-bond acceptors (Lipinski definition) is 3. The molecule has 1 N–H and O–H groups in total. The number of hydrogen-bond donors (Lipinski definition) is 1. The second kappa shape index (κ2) is 4.19. The van der Waals surface area contributed by atoms with Gasteiger partial charge in [0.2, 0.25) is 0 Å². The minimum atomic E-state index is -2.91. The molecule has 1 atom stereocenters. The van der Waals surface area contributed by atoms with Crippen molar-refractivity contribution in [1.29, 1.82) is 0 Å². The minimum Gasteiger partial charge on any atom is -0.316 e. The highest BCUT2D eigenvalue weighted by atomic mass is 32.2. The highest BCUT2D eigenvalue weighted by molar-refractivity contribution is 7.92. The molecule has 0 bridgehead atoms. The average molecular weight is 219 g/mol. The molecule has 1 heterocycles. The maximum Gasteiger partial charge on any atom is 0.155 e. The van der Waals surface area contributed by atoms with E-state index in [4.69, 9.17) is 0 Å². The monoisotopic (exact) mass is 219 g/mol. The van der Waals surface area contributed by atoms with Gasteiger partial charge in [0.05, 0.1) is 10.5 Å². The van der Waals surface area contributed by atoms with Crippen molar-refractivity contribution in [3.8, 4) is 0 Å². The van der Waals surface area contributed by atoms with E-state index in [2.05, 4.69) is 5.32 Å². The smallest absolute Gasteiger partial charge is 0.155 e. The predicted molar refractivity (Wildman–Crippen MR) is 59.1 cm³/mol. The van der Waals surface area contributed by atoms with Crippen LogP contribution in [0.25, 0.3) is 0 Å². The zero-order valence-electron chi connectivity index (χ0n) is 9.34. The lowest BCUT2D eigenvalue weighted by atomic mass is 10.1. The predicted octanol–water partition coefficient (Wildman–Crippen LogP) is 1.20. The van der Waals surface area contributed by atoms with Gasteiger partial charge in [-0.3, -0.25) is 0 Å². The molecule has 0 unspecified atom stereocenters. The third-order valence-electron chi connectivity index (χ3n) is 2.89. The minimum absolute atomic E-state index is 0.336. The fourth-order valence-electron chi connectivity index (χ4n) is 1.59. The Kier molecular flexibility index (Phi) is 3.58. The summed E-state index contributed by atoms with van der Waals surface area (Å²) in [5.74, 6) is 0.898. The van der Waals surface area contributed by atoms with Crippen molar-refractivity contribution in [3.63, 3.8) is 0 Å². The maximum atomic E-state index is 11.8. The van der Waals surface area contributed by atoms with Crippen LogP contribution in [0.15, 0.2) is 0 Å². The Morgan fingerprint density at radius 2 is 2.00 bits per heavy atom. The molecule has 1 rings (SSSR count). The zero-order chi connectivity index (χ0) is 10.8. The molecular weight excluding hydrogens is 198 g/mol. The molecule has 84 valence electrons. The fraction of sp³-hybridized carbons (Fsp3) is 1.00. The van der Waals surface area contributed by atoms with Gasteiger partial charge in [0.25, 0.3) is 0 Å². The van der Waals surface area contributed by atoms with E-state index in [1.165, 1.54) is 0 Å². The summed E-state index contributed by atoms with van der Waals surface area (Å²) in [6.45, 7) is 7.35. The fourth-order valence-corrected chi connectivity index (χ4v) is 2.84. The Bertz CT molecular complexity index is 271. The summed E-state index contributed by atoms with van der Waals surface area (Å²) in [5, 5.41) is 3.25. The first-order valence-corrected chi connectivity index (χ1v) is 6.91. The van der Waals surface area contributed by atoms with Crippen LogP contribution < -0.4 is 5.32 Å². The van der Waals surface area contributed by atoms with Gasteiger partial charge in [0.1, 0.15) is 0 Å². The average Bonchev–Trinajstić information content (AvgIpc) is 2.50. The van der Waals surface area contributed by atoms with E-state index in [-0.39, 0.29) is 0 Å². The largest absolute Gasteiger partial charge is 0.316 e. The molecule has 4 heteroatoms. The van der Waals surface area contributed by atoms with Gasteiger partial charge in [-0.25, -0.2) is 8.42 Å².